The Hall–Kier alpha value is -0.133. The molecule has 19 heavy (non-hydrogen) atoms. The second kappa shape index (κ2) is 8.22. The first kappa shape index (κ1) is 16.9. The lowest BCUT2D eigenvalue weighted by Gasteiger charge is -2.17. The van der Waals surface area contributed by atoms with Crippen molar-refractivity contribution in [3.8, 4) is 0 Å². The van der Waals surface area contributed by atoms with Crippen LogP contribution in [0.5, 0.6) is 0 Å². The average Bonchev–Trinajstić information content (AvgIpc) is 2.35. The van der Waals surface area contributed by atoms with Crippen molar-refractivity contribution < 1.29 is 4.74 Å². The predicted molar refractivity (Wildman–Crippen MR) is 95.3 cm³/mol. The molecule has 0 saturated heterocycles. The molecule has 0 saturated carbocycles. The molecule has 0 N–H and O–H groups in total. The number of hydrogen-bond donors (Lipinski definition) is 0. The van der Waals surface area contributed by atoms with Gasteiger partial charge in [-0.25, -0.2) is 0 Å². The van der Waals surface area contributed by atoms with Gasteiger partial charge in [0.1, 0.15) is 0 Å². The Bertz CT molecular complexity index is 395. The zero-order chi connectivity index (χ0) is 14.3. The molecule has 0 aliphatic rings. The Labute approximate surface area is 132 Å². The van der Waals surface area contributed by atoms with Crippen molar-refractivity contribution >= 4 is 30.7 Å². The largest absolute Gasteiger partial charge is 0.377 e. The van der Waals surface area contributed by atoms with Gasteiger partial charge in [0.25, 0.3) is 0 Å². The fourth-order valence-corrected chi connectivity index (χ4v) is 3.01. The van der Waals surface area contributed by atoms with Gasteiger partial charge in [-0.3, -0.25) is 0 Å². The third-order valence-corrected chi connectivity index (χ3v) is 9.79. The number of halogens is 1. The monoisotopic (exact) mass is 388 g/mol. The maximum atomic E-state index is 5.74. The van der Waals surface area contributed by atoms with Crippen LogP contribution in [0.4, 0.5) is 0 Å². The van der Waals surface area contributed by atoms with Gasteiger partial charge in [-0.05, 0) is 21.1 Å². The van der Waals surface area contributed by atoms with Crippen molar-refractivity contribution in [1.29, 1.82) is 0 Å². The molecule has 0 fully saturated rings. The van der Waals surface area contributed by atoms with Crippen LogP contribution in [0.1, 0.15) is 18.9 Å². The Kier molecular flexibility index (Phi) is 7.32. The molecule has 1 aromatic carbocycles. The van der Waals surface area contributed by atoms with Crippen LogP contribution in [0.15, 0.2) is 39.6 Å². The highest BCUT2D eigenvalue weighted by Gasteiger charge is 2.17. The molecule has 0 spiro atoms. The van der Waals surface area contributed by atoms with Crippen molar-refractivity contribution in [2.75, 3.05) is 6.61 Å². The van der Waals surface area contributed by atoms with Crippen molar-refractivity contribution in [1.82, 2.24) is 0 Å². The minimum atomic E-state index is -1.12. The number of allylic oxidation sites excluding steroid dienone is 1. The highest BCUT2D eigenvalue weighted by atomic mass is 127. The lowest BCUT2D eigenvalue weighted by atomic mass is 10.1. The van der Waals surface area contributed by atoms with Gasteiger partial charge in [-0.1, -0.05) is 85.6 Å². The minimum Gasteiger partial charge on any atom is -0.377 e. The fourth-order valence-electron chi connectivity index (χ4n) is 1.62. The molecule has 0 unspecified atom stereocenters. The van der Waals surface area contributed by atoms with Gasteiger partial charge < -0.3 is 4.74 Å². The van der Waals surface area contributed by atoms with E-state index in [2.05, 4.69) is 79.5 Å². The van der Waals surface area contributed by atoms with Crippen LogP contribution in [0.25, 0.3) is 0 Å². The Morgan fingerprint density at radius 3 is 2.47 bits per heavy atom. The van der Waals surface area contributed by atoms with E-state index in [1.165, 1.54) is 5.56 Å². The van der Waals surface area contributed by atoms with Crippen molar-refractivity contribution in [2.24, 2.45) is 5.92 Å². The summed E-state index contributed by atoms with van der Waals surface area (Å²) in [5, 5.41) is 0. The van der Waals surface area contributed by atoms with E-state index in [1.54, 1.807) is 3.20 Å². The van der Waals surface area contributed by atoms with Crippen molar-refractivity contribution in [3.63, 3.8) is 0 Å². The molecule has 1 aromatic rings. The quantitative estimate of drug-likeness (QED) is 0.344. The van der Waals surface area contributed by atoms with Gasteiger partial charge in [0.05, 0.1) is 14.7 Å². The van der Waals surface area contributed by atoms with Gasteiger partial charge in [-0.2, -0.15) is 0 Å². The number of benzene rings is 1. The third kappa shape index (κ3) is 7.27. The molecular formula is C16H25IOSi. The minimum absolute atomic E-state index is 0.606. The van der Waals surface area contributed by atoms with Crippen LogP contribution in [0.3, 0.4) is 0 Å². The molecule has 0 radical (unpaired) electrons. The number of rotatable bonds is 7. The smallest absolute Gasteiger partial charge is 0.0850 e. The highest BCUT2D eigenvalue weighted by Crippen LogP contribution is 2.23. The molecule has 3 heteroatoms. The topological polar surface area (TPSA) is 9.23 Å². The summed E-state index contributed by atoms with van der Waals surface area (Å²) >= 11 is 2.52. The normalized spacial score (nSPS) is 14.5. The number of hydrogen-bond acceptors (Lipinski definition) is 1. The molecule has 1 nitrogen and oxygen atoms in total. The summed E-state index contributed by atoms with van der Waals surface area (Å²) in [4.78, 5) is 0. The van der Waals surface area contributed by atoms with Gasteiger partial charge in [0, 0.05) is 6.61 Å². The molecule has 0 aliphatic carbocycles. The van der Waals surface area contributed by atoms with E-state index in [1.807, 2.05) is 6.07 Å². The van der Waals surface area contributed by atoms with Crippen LogP contribution in [0.2, 0.25) is 19.6 Å². The van der Waals surface area contributed by atoms with Gasteiger partial charge >= 0.3 is 0 Å². The second-order valence-electron chi connectivity index (χ2n) is 6.07. The summed E-state index contributed by atoms with van der Waals surface area (Å²) in [7, 11) is -1.12. The Morgan fingerprint density at radius 1 is 1.26 bits per heavy atom. The lowest BCUT2D eigenvalue weighted by Crippen LogP contribution is -2.21. The van der Waals surface area contributed by atoms with E-state index in [0.29, 0.717) is 5.92 Å². The number of ether oxygens (including phenoxy) is 1. The van der Waals surface area contributed by atoms with E-state index in [4.69, 9.17) is 4.74 Å². The molecule has 0 bridgehead atoms. The van der Waals surface area contributed by atoms with Gasteiger partial charge in [-0.15, -0.1) is 0 Å². The van der Waals surface area contributed by atoms with Crippen LogP contribution < -0.4 is 0 Å². The zero-order valence-corrected chi connectivity index (χ0v) is 15.6. The molecule has 0 heterocycles. The molecule has 0 aliphatic heterocycles. The lowest BCUT2D eigenvalue weighted by molar-refractivity contribution is 0.113. The fraction of sp³-hybridized carbons (Fsp3) is 0.500. The SMILES string of the molecule is C[C@@H](/C=C(/I)[Si](C)(C)C)CCOCc1ccccc1. The van der Waals surface area contributed by atoms with E-state index in [9.17, 15) is 0 Å². The van der Waals surface area contributed by atoms with Crippen molar-refractivity contribution in [3.05, 3.63) is 45.2 Å². The van der Waals surface area contributed by atoms with E-state index in [0.717, 1.165) is 19.6 Å². The third-order valence-electron chi connectivity index (χ3n) is 2.98. The average molecular weight is 388 g/mol. The van der Waals surface area contributed by atoms with E-state index in [-0.39, 0.29) is 0 Å². The molecule has 106 valence electrons. The summed E-state index contributed by atoms with van der Waals surface area (Å²) in [6.45, 7) is 11.0. The van der Waals surface area contributed by atoms with E-state index < -0.39 is 8.07 Å². The van der Waals surface area contributed by atoms with Crippen molar-refractivity contribution in [2.45, 2.75) is 39.6 Å². The predicted octanol–water partition coefficient (Wildman–Crippen LogP) is 5.43. The second-order valence-corrected chi connectivity index (χ2v) is 13.3. The summed E-state index contributed by atoms with van der Waals surface area (Å²) in [6, 6.07) is 10.4. The molecule has 0 amide bonds. The highest BCUT2D eigenvalue weighted by molar-refractivity contribution is 14.1. The standard InChI is InChI=1S/C16H25IOSi/c1-14(12-16(17)19(2,3)4)10-11-18-13-15-8-6-5-7-9-15/h5-9,12,14H,10-11,13H2,1-4H3/b16-12-/t14-/m1/s1. The molecule has 1 rings (SSSR count). The summed E-state index contributed by atoms with van der Waals surface area (Å²) in [5.74, 6) is 0.606. The first-order chi connectivity index (χ1) is 8.89. The summed E-state index contributed by atoms with van der Waals surface area (Å²) in [6.07, 6.45) is 3.53. The van der Waals surface area contributed by atoms with Crippen LogP contribution in [-0.2, 0) is 11.3 Å². The maximum absolute atomic E-state index is 5.74. The first-order valence-electron chi connectivity index (χ1n) is 6.89. The Balaban J connectivity index is 2.26. The van der Waals surface area contributed by atoms with Gasteiger partial charge in [0.2, 0.25) is 0 Å². The van der Waals surface area contributed by atoms with Crippen LogP contribution in [0, 0.1) is 5.92 Å². The maximum Gasteiger partial charge on any atom is 0.0850 e. The molecular weight excluding hydrogens is 363 g/mol. The van der Waals surface area contributed by atoms with Crippen LogP contribution in [-0.4, -0.2) is 14.7 Å². The molecule has 0 aromatic heterocycles. The first-order valence-corrected chi connectivity index (χ1v) is 11.5. The summed E-state index contributed by atoms with van der Waals surface area (Å²) < 4.78 is 7.31. The van der Waals surface area contributed by atoms with Crippen LogP contribution >= 0.6 is 22.6 Å². The molecule has 1 atom stereocenters. The van der Waals surface area contributed by atoms with Gasteiger partial charge in [0.15, 0.2) is 0 Å². The zero-order valence-electron chi connectivity index (χ0n) is 12.4. The summed E-state index contributed by atoms with van der Waals surface area (Å²) in [5.41, 5.74) is 1.25. The van der Waals surface area contributed by atoms with E-state index >= 15 is 0 Å². The Morgan fingerprint density at radius 2 is 1.89 bits per heavy atom.